The highest BCUT2D eigenvalue weighted by atomic mass is 16.6. The molecule has 1 atom stereocenters. The highest BCUT2D eigenvalue weighted by Gasteiger charge is 2.33. The lowest BCUT2D eigenvalue weighted by Crippen LogP contribution is -2.18. The summed E-state index contributed by atoms with van der Waals surface area (Å²) in [4.78, 5) is 23.2. The SMILES string of the molecule is COc1c(N)c(C(N)=O)cc([N+](=O)[O-])c1C(Cc1ccc2ccccc2c1)c1c[nH]nn1. The molecule has 0 aliphatic carbocycles. The van der Waals surface area contributed by atoms with Crippen molar-refractivity contribution in [3.63, 3.8) is 0 Å². The van der Waals surface area contributed by atoms with Gasteiger partial charge in [0.15, 0.2) is 5.75 Å². The molecule has 0 aliphatic heterocycles. The molecule has 5 N–H and O–H groups in total. The Kier molecular flexibility index (Phi) is 5.42. The Hall–Kier alpha value is -4.47. The molecule has 162 valence electrons. The van der Waals surface area contributed by atoms with Crippen LogP contribution in [0, 0.1) is 10.1 Å². The first-order chi connectivity index (χ1) is 15.4. The van der Waals surface area contributed by atoms with Gasteiger partial charge in [-0.3, -0.25) is 20.0 Å². The molecule has 4 rings (SSSR count). The summed E-state index contributed by atoms with van der Waals surface area (Å²) in [5.74, 6) is -1.50. The van der Waals surface area contributed by atoms with E-state index in [4.69, 9.17) is 16.2 Å². The van der Waals surface area contributed by atoms with E-state index in [9.17, 15) is 14.9 Å². The van der Waals surface area contributed by atoms with Gasteiger partial charge >= 0.3 is 0 Å². The Labute approximate surface area is 182 Å². The number of nitrogen functional groups attached to an aromatic ring is 1. The third-order valence-electron chi connectivity index (χ3n) is 5.40. The highest BCUT2D eigenvalue weighted by molar-refractivity contribution is 6.01. The second kappa shape index (κ2) is 8.34. The zero-order chi connectivity index (χ0) is 22.8. The summed E-state index contributed by atoms with van der Waals surface area (Å²) in [6, 6.07) is 14.9. The van der Waals surface area contributed by atoms with E-state index >= 15 is 0 Å². The molecule has 1 amide bonds. The number of nitro benzene ring substituents is 1. The Bertz CT molecular complexity index is 1320. The topological polar surface area (TPSA) is 163 Å². The third-order valence-corrected chi connectivity index (χ3v) is 5.40. The van der Waals surface area contributed by atoms with Gasteiger partial charge in [-0.1, -0.05) is 47.7 Å². The molecule has 0 aliphatic rings. The van der Waals surface area contributed by atoms with Crippen LogP contribution in [0.4, 0.5) is 11.4 Å². The minimum absolute atomic E-state index is 0.0155. The molecular weight excluding hydrogens is 412 g/mol. The summed E-state index contributed by atoms with van der Waals surface area (Å²) in [7, 11) is 1.33. The van der Waals surface area contributed by atoms with Gasteiger partial charge in [-0.05, 0) is 22.8 Å². The first-order valence-corrected chi connectivity index (χ1v) is 9.69. The van der Waals surface area contributed by atoms with E-state index in [0.29, 0.717) is 12.1 Å². The number of rotatable bonds is 7. The number of nitro groups is 1. The van der Waals surface area contributed by atoms with Gasteiger partial charge in [0.25, 0.3) is 11.6 Å². The molecule has 0 saturated carbocycles. The van der Waals surface area contributed by atoms with E-state index in [1.807, 2.05) is 42.5 Å². The Morgan fingerprint density at radius 1 is 1.22 bits per heavy atom. The zero-order valence-electron chi connectivity index (χ0n) is 17.1. The molecule has 3 aromatic carbocycles. The summed E-state index contributed by atoms with van der Waals surface area (Å²) >= 11 is 0. The van der Waals surface area contributed by atoms with E-state index in [0.717, 1.165) is 22.4 Å². The van der Waals surface area contributed by atoms with Crippen LogP contribution in [0.25, 0.3) is 10.8 Å². The lowest BCUT2D eigenvalue weighted by molar-refractivity contribution is -0.385. The first-order valence-electron chi connectivity index (χ1n) is 9.69. The van der Waals surface area contributed by atoms with Crippen LogP contribution in [0.2, 0.25) is 0 Å². The molecule has 4 aromatic rings. The maximum absolute atomic E-state index is 12.0. The number of aromatic amines is 1. The largest absolute Gasteiger partial charge is 0.494 e. The number of fused-ring (bicyclic) bond motifs is 1. The van der Waals surface area contributed by atoms with Gasteiger partial charge in [-0.2, -0.15) is 0 Å². The zero-order valence-corrected chi connectivity index (χ0v) is 17.1. The number of anilines is 1. The van der Waals surface area contributed by atoms with E-state index in [-0.39, 0.29) is 28.3 Å². The standard InChI is InChI=1S/C22H20N6O4/c1-32-21-19(18(28(30)31)10-16(20(21)23)22(24)29)15(17-11-25-27-26-17)9-12-6-7-13-4-2-3-5-14(13)8-12/h2-8,10-11,15H,9,23H2,1H3,(H2,24,29)(H,25,26,27). The van der Waals surface area contributed by atoms with Crippen molar-refractivity contribution < 1.29 is 14.5 Å². The molecule has 10 nitrogen and oxygen atoms in total. The fraction of sp³-hybridized carbons (Fsp3) is 0.136. The van der Waals surface area contributed by atoms with Crippen molar-refractivity contribution >= 4 is 28.1 Å². The maximum Gasteiger partial charge on any atom is 0.277 e. The van der Waals surface area contributed by atoms with Crippen LogP contribution in [-0.4, -0.2) is 33.4 Å². The first kappa shape index (κ1) is 20.8. The Morgan fingerprint density at radius 3 is 2.59 bits per heavy atom. The number of nitrogens with two attached hydrogens (primary N) is 2. The number of H-pyrrole nitrogens is 1. The van der Waals surface area contributed by atoms with Gasteiger partial charge in [-0.25, -0.2) is 0 Å². The minimum atomic E-state index is -0.886. The molecule has 1 heterocycles. The summed E-state index contributed by atoms with van der Waals surface area (Å²) < 4.78 is 5.45. The fourth-order valence-electron chi connectivity index (χ4n) is 3.92. The summed E-state index contributed by atoms with van der Waals surface area (Å²) in [6.45, 7) is 0. The van der Waals surface area contributed by atoms with Crippen molar-refractivity contribution in [3.05, 3.63) is 87.2 Å². The van der Waals surface area contributed by atoms with Gasteiger partial charge < -0.3 is 16.2 Å². The monoisotopic (exact) mass is 432 g/mol. The number of nitrogens with zero attached hydrogens (tertiary/aromatic N) is 3. The molecule has 0 spiro atoms. The van der Waals surface area contributed by atoms with E-state index in [1.54, 1.807) is 6.20 Å². The number of aromatic nitrogens is 3. The number of amides is 1. The molecule has 32 heavy (non-hydrogen) atoms. The van der Waals surface area contributed by atoms with Crippen molar-refractivity contribution in [3.8, 4) is 5.75 Å². The van der Waals surface area contributed by atoms with Crippen LogP contribution in [0.3, 0.4) is 0 Å². The summed E-state index contributed by atoms with van der Waals surface area (Å²) in [5.41, 5.74) is 12.5. The third kappa shape index (κ3) is 3.69. The van der Waals surface area contributed by atoms with Crippen molar-refractivity contribution in [2.24, 2.45) is 5.73 Å². The number of ether oxygens (including phenoxy) is 1. The number of carbonyl (C=O) groups is 1. The summed E-state index contributed by atoms with van der Waals surface area (Å²) in [5, 5.41) is 24.6. The normalized spacial score (nSPS) is 11.9. The average Bonchev–Trinajstić information content (AvgIpc) is 3.31. The molecule has 0 radical (unpaired) electrons. The molecule has 0 bridgehead atoms. The molecule has 1 unspecified atom stereocenters. The van der Waals surface area contributed by atoms with Crippen molar-refractivity contribution in [2.45, 2.75) is 12.3 Å². The number of methoxy groups -OCH3 is 1. The molecule has 0 saturated heterocycles. The lowest BCUT2D eigenvalue weighted by Gasteiger charge is -2.21. The average molecular weight is 432 g/mol. The minimum Gasteiger partial charge on any atom is -0.494 e. The van der Waals surface area contributed by atoms with Crippen LogP contribution in [-0.2, 0) is 6.42 Å². The van der Waals surface area contributed by atoms with Crippen molar-refractivity contribution in [1.29, 1.82) is 0 Å². The fourth-order valence-corrected chi connectivity index (χ4v) is 3.92. The number of nitrogens with one attached hydrogen (secondary N) is 1. The van der Waals surface area contributed by atoms with Crippen LogP contribution >= 0.6 is 0 Å². The molecular formula is C22H20N6O4. The quantitative estimate of drug-likeness (QED) is 0.229. The van der Waals surface area contributed by atoms with Gasteiger partial charge in [0.1, 0.15) is 0 Å². The highest BCUT2D eigenvalue weighted by Crippen LogP contribution is 2.44. The molecule has 0 fully saturated rings. The van der Waals surface area contributed by atoms with Crippen LogP contribution in [0.15, 0.2) is 54.7 Å². The number of hydrogen-bond acceptors (Lipinski definition) is 7. The van der Waals surface area contributed by atoms with Gasteiger partial charge in [-0.15, -0.1) is 5.10 Å². The van der Waals surface area contributed by atoms with Gasteiger partial charge in [0.05, 0.1) is 34.5 Å². The van der Waals surface area contributed by atoms with Gasteiger partial charge in [0, 0.05) is 18.2 Å². The predicted molar refractivity (Wildman–Crippen MR) is 118 cm³/mol. The smallest absolute Gasteiger partial charge is 0.277 e. The number of carbonyl (C=O) groups excluding carboxylic acids is 1. The summed E-state index contributed by atoms with van der Waals surface area (Å²) in [6.07, 6.45) is 1.91. The number of hydrogen-bond donors (Lipinski definition) is 3. The molecule has 10 heteroatoms. The van der Waals surface area contributed by atoms with E-state index < -0.39 is 16.7 Å². The second-order valence-corrected chi connectivity index (χ2v) is 7.26. The van der Waals surface area contributed by atoms with Crippen molar-refractivity contribution in [2.75, 3.05) is 12.8 Å². The second-order valence-electron chi connectivity index (χ2n) is 7.26. The number of primary amides is 1. The Morgan fingerprint density at radius 2 is 1.97 bits per heavy atom. The maximum atomic E-state index is 12.0. The number of benzene rings is 3. The van der Waals surface area contributed by atoms with Crippen LogP contribution in [0.5, 0.6) is 5.75 Å². The van der Waals surface area contributed by atoms with Crippen LogP contribution in [0.1, 0.15) is 33.1 Å². The van der Waals surface area contributed by atoms with Crippen molar-refractivity contribution in [1.82, 2.24) is 15.4 Å². The van der Waals surface area contributed by atoms with Crippen LogP contribution < -0.4 is 16.2 Å². The predicted octanol–water partition coefficient (Wildman–Crippen LogP) is 2.93. The van der Waals surface area contributed by atoms with E-state index in [2.05, 4.69) is 15.4 Å². The van der Waals surface area contributed by atoms with E-state index in [1.165, 1.54) is 7.11 Å². The van der Waals surface area contributed by atoms with Gasteiger partial charge in [0.2, 0.25) is 0 Å². The Balaban J connectivity index is 1.93. The molecule has 1 aromatic heterocycles. The lowest BCUT2D eigenvalue weighted by atomic mass is 9.86.